The van der Waals surface area contributed by atoms with Crippen LogP contribution in [0.15, 0.2) is 48.7 Å². The molecule has 3 aromatic rings. The minimum absolute atomic E-state index is 0.129. The summed E-state index contributed by atoms with van der Waals surface area (Å²) in [6, 6.07) is 13.1. The number of para-hydroxylation sites is 1. The van der Waals surface area contributed by atoms with E-state index in [-0.39, 0.29) is 29.6 Å². The lowest BCUT2D eigenvalue weighted by Gasteiger charge is -2.27. The monoisotopic (exact) mass is 459 g/mol. The van der Waals surface area contributed by atoms with Gasteiger partial charge in [-0.2, -0.15) is 0 Å². The Hall–Kier alpha value is -3.94. The van der Waals surface area contributed by atoms with E-state index in [9.17, 15) is 14.4 Å². The highest BCUT2D eigenvalue weighted by molar-refractivity contribution is 6.12. The van der Waals surface area contributed by atoms with Crippen molar-refractivity contribution in [2.24, 2.45) is 11.8 Å². The number of carbonyl (C=O) groups excluding carboxylic acids is 3. The second kappa shape index (κ2) is 9.51. The van der Waals surface area contributed by atoms with Gasteiger partial charge in [-0.25, -0.2) is 4.98 Å². The van der Waals surface area contributed by atoms with E-state index in [0.717, 1.165) is 16.9 Å². The molecule has 8 heteroatoms. The fraction of sp³-hybridized carbons (Fsp3) is 0.308. The van der Waals surface area contributed by atoms with Gasteiger partial charge in [0.15, 0.2) is 0 Å². The van der Waals surface area contributed by atoms with Crippen molar-refractivity contribution in [2.75, 3.05) is 17.2 Å². The fourth-order valence-electron chi connectivity index (χ4n) is 3.89. The van der Waals surface area contributed by atoms with Gasteiger partial charge < -0.3 is 15.6 Å². The van der Waals surface area contributed by atoms with Crippen LogP contribution in [0.2, 0.25) is 0 Å². The molecule has 8 nitrogen and oxygen atoms in total. The van der Waals surface area contributed by atoms with Gasteiger partial charge >= 0.3 is 0 Å². The van der Waals surface area contributed by atoms with Gasteiger partial charge in [0.2, 0.25) is 11.8 Å². The van der Waals surface area contributed by atoms with Crippen LogP contribution >= 0.6 is 0 Å². The van der Waals surface area contributed by atoms with Gasteiger partial charge in [-0.05, 0) is 24.3 Å². The number of anilines is 3. The first kappa shape index (κ1) is 23.2. The lowest BCUT2D eigenvalue weighted by atomic mass is 10.0. The molecule has 0 fully saturated rings. The molecule has 0 radical (unpaired) electrons. The fourth-order valence-corrected chi connectivity index (χ4v) is 3.89. The Bertz CT molecular complexity index is 1230. The molecule has 0 saturated carbocycles. The number of imide groups is 1. The highest BCUT2D eigenvalue weighted by Gasteiger charge is 2.35. The van der Waals surface area contributed by atoms with E-state index >= 15 is 0 Å². The number of H-pyrrole nitrogens is 1. The summed E-state index contributed by atoms with van der Waals surface area (Å²) in [5.41, 5.74) is 4.10. The zero-order valence-corrected chi connectivity index (χ0v) is 19.8. The second-order valence-electron chi connectivity index (χ2n) is 8.99. The highest BCUT2D eigenvalue weighted by atomic mass is 16.2. The number of hydrogen-bond acceptors (Lipinski definition) is 5. The maximum absolute atomic E-state index is 13.5. The maximum atomic E-state index is 13.5. The van der Waals surface area contributed by atoms with Crippen molar-refractivity contribution in [3.63, 3.8) is 0 Å². The van der Waals surface area contributed by atoms with Crippen LogP contribution in [0, 0.1) is 11.8 Å². The van der Waals surface area contributed by atoms with Crippen molar-refractivity contribution in [1.82, 2.24) is 14.9 Å². The number of hydrogen-bond donors (Lipinski definition) is 3. The Labute approximate surface area is 198 Å². The average Bonchev–Trinajstić information content (AvgIpc) is 3.18. The first-order valence-corrected chi connectivity index (χ1v) is 11.5. The molecule has 1 aliphatic rings. The van der Waals surface area contributed by atoms with Crippen molar-refractivity contribution in [3.8, 4) is 11.3 Å². The molecule has 0 atom stereocenters. The number of nitrogens with zero attached hydrogens (tertiary/aromatic N) is 2. The van der Waals surface area contributed by atoms with E-state index in [1.165, 1.54) is 4.90 Å². The summed E-state index contributed by atoms with van der Waals surface area (Å²) in [5, 5.41) is 6.20. The first-order valence-electron chi connectivity index (χ1n) is 11.5. The quantitative estimate of drug-likeness (QED) is 0.500. The zero-order valence-electron chi connectivity index (χ0n) is 19.8. The van der Waals surface area contributed by atoms with Gasteiger partial charge in [-0.3, -0.25) is 19.3 Å². The largest absolute Gasteiger partial charge is 0.356 e. The molecular weight excluding hydrogens is 430 g/mol. The van der Waals surface area contributed by atoms with Crippen molar-refractivity contribution < 1.29 is 14.4 Å². The van der Waals surface area contributed by atoms with E-state index in [1.54, 1.807) is 26.1 Å². The van der Waals surface area contributed by atoms with Crippen LogP contribution < -0.4 is 10.6 Å². The van der Waals surface area contributed by atoms with E-state index in [1.807, 2.05) is 50.2 Å². The number of rotatable bonds is 6. The molecule has 34 heavy (non-hydrogen) atoms. The maximum Gasteiger partial charge on any atom is 0.264 e. The molecular formula is C26H29N5O3. The van der Waals surface area contributed by atoms with Gasteiger partial charge in [0.1, 0.15) is 5.82 Å². The summed E-state index contributed by atoms with van der Waals surface area (Å²) < 4.78 is 0. The molecule has 0 bridgehead atoms. The third-order valence-corrected chi connectivity index (χ3v) is 5.75. The molecule has 0 aliphatic carbocycles. The molecule has 3 heterocycles. The Morgan fingerprint density at radius 3 is 2.47 bits per heavy atom. The van der Waals surface area contributed by atoms with Crippen LogP contribution in [-0.4, -0.2) is 39.1 Å². The number of aromatic nitrogens is 2. The number of carbonyl (C=O) groups is 3. The molecule has 0 saturated heterocycles. The normalized spacial score (nSPS) is 13.2. The highest BCUT2D eigenvalue weighted by Crippen LogP contribution is 2.38. The van der Waals surface area contributed by atoms with Gasteiger partial charge in [-0.15, -0.1) is 0 Å². The SMILES string of the molecule is CC(C)C(=O)Nc1cc(-c2[nH]c3c(c2Nc2ccccc2)C(=O)N(C(=O)C(C)C)CC3)ccn1. The van der Waals surface area contributed by atoms with Crippen LogP contribution in [0.3, 0.4) is 0 Å². The van der Waals surface area contributed by atoms with Crippen molar-refractivity contribution >= 4 is 34.9 Å². The predicted octanol–water partition coefficient (Wildman–Crippen LogP) is 4.60. The molecule has 0 spiro atoms. The summed E-state index contributed by atoms with van der Waals surface area (Å²) in [6.07, 6.45) is 2.15. The van der Waals surface area contributed by atoms with E-state index in [0.29, 0.717) is 35.7 Å². The standard InChI is InChI=1S/C26H29N5O3/c1-15(2)24(32)30-20-14-17(10-12-27-20)22-23(28-18-8-6-5-7-9-18)21-19(29-22)11-13-31(26(21)34)25(33)16(3)4/h5-10,12,14-16,28-29H,11,13H2,1-4H3,(H,27,30,32). The van der Waals surface area contributed by atoms with E-state index in [4.69, 9.17) is 0 Å². The Kier molecular flexibility index (Phi) is 6.49. The van der Waals surface area contributed by atoms with Crippen molar-refractivity contribution in [1.29, 1.82) is 0 Å². The Morgan fingerprint density at radius 2 is 1.79 bits per heavy atom. The van der Waals surface area contributed by atoms with Gasteiger partial charge in [-0.1, -0.05) is 45.9 Å². The van der Waals surface area contributed by atoms with Crippen molar-refractivity contribution in [3.05, 3.63) is 59.9 Å². The molecule has 1 aromatic carbocycles. The van der Waals surface area contributed by atoms with Crippen LogP contribution in [0.1, 0.15) is 43.7 Å². The molecule has 3 amide bonds. The average molecular weight is 460 g/mol. The molecule has 4 rings (SSSR count). The topological polar surface area (TPSA) is 107 Å². The lowest BCUT2D eigenvalue weighted by molar-refractivity contribution is -0.131. The molecule has 1 aliphatic heterocycles. The van der Waals surface area contributed by atoms with E-state index < -0.39 is 0 Å². The van der Waals surface area contributed by atoms with Crippen LogP contribution in [0.4, 0.5) is 17.2 Å². The number of pyridine rings is 1. The Balaban J connectivity index is 1.80. The minimum Gasteiger partial charge on any atom is -0.356 e. The van der Waals surface area contributed by atoms with Crippen molar-refractivity contribution in [2.45, 2.75) is 34.1 Å². The lowest BCUT2D eigenvalue weighted by Crippen LogP contribution is -2.43. The summed E-state index contributed by atoms with van der Waals surface area (Å²) in [7, 11) is 0. The van der Waals surface area contributed by atoms with Gasteiger partial charge in [0, 0.05) is 47.9 Å². The third-order valence-electron chi connectivity index (χ3n) is 5.75. The third kappa shape index (κ3) is 4.57. The van der Waals surface area contributed by atoms with Crippen LogP contribution in [0.5, 0.6) is 0 Å². The summed E-state index contributed by atoms with van der Waals surface area (Å²) in [4.78, 5) is 47.3. The number of benzene rings is 1. The molecule has 3 N–H and O–H groups in total. The molecule has 0 unspecified atom stereocenters. The smallest absolute Gasteiger partial charge is 0.264 e. The minimum atomic E-state index is -0.316. The summed E-state index contributed by atoms with van der Waals surface area (Å²) >= 11 is 0. The van der Waals surface area contributed by atoms with Gasteiger partial charge in [0.05, 0.1) is 16.9 Å². The number of nitrogens with one attached hydrogen (secondary N) is 3. The summed E-state index contributed by atoms with van der Waals surface area (Å²) in [6.45, 7) is 7.55. The number of amides is 3. The molecule has 2 aromatic heterocycles. The number of aromatic amines is 1. The van der Waals surface area contributed by atoms with E-state index in [2.05, 4.69) is 20.6 Å². The summed E-state index contributed by atoms with van der Waals surface area (Å²) in [5.74, 6) is -0.661. The second-order valence-corrected chi connectivity index (χ2v) is 8.99. The zero-order chi connectivity index (χ0) is 24.4. The number of fused-ring (bicyclic) bond motifs is 1. The predicted molar refractivity (Wildman–Crippen MR) is 132 cm³/mol. The first-order chi connectivity index (χ1) is 16.3. The van der Waals surface area contributed by atoms with Crippen LogP contribution in [-0.2, 0) is 16.0 Å². The van der Waals surface area contributed by atoms with Crippen LogP contribution in [0.25, 0.3) is 11.3 Å². The Morgan fingerprint density at radius 1 is 1.06 bits per heavy atom. The van der Waals surface area contributed by atoms with Gasteiger partial charge in [0.25, 0.3) is 5.91 Å². The molecule has 176 valence electrons.